The lowest BCUT2D eigenvalue weighted by atomic mass is 9.82. The summed E-state index contributed by atoms with van der Waals surface area (Å²) < 4.78 is 39.1. The van der Waals surface area contributed by atoms with Crippen molar-refractivity contribution in [2.75, 3.05) is 0 Å². The van der Waals surface area contributed by atoms with Crippen molar-refractivity contribution in [3.63, 3.8) is 0 Å². The molecular formula is C12H11F3. The van der Waals surface area contributed by atoms with Gasteiger partial charge in [-0.2, -0.15) is 0 Å². The van der Waals surface area contributed by atoms with E-state index >= 15 is 0 Å². The largest absolute Gasteiger partial charge is 0.204 e. The van der Waals surface area contributed by atoms with Crippen molar-refractivity contribution in [3.8, 4) is 0 Å². The van der Waals surface area contributed by atoms with Crippen LogP contribution in [0.5, 0.6) is 0 Å². The van der Waals surface area contributed by atoms with Gasteiger partial charge in [0.15, 0.2) is 17.5 Å². The molecule has 0 amide bonds. The van der Waals surface area contributed by atoms with Gasteiger partial charge in [0.1, 0.15) is 0 Å². The van der Waals surface area contributed by atoms with E-state index in [1.165, 1.54) is 18.2 Å². The van der Waals surface area contributed by atoms with Crippen molar-refractivity contribution in [1.29, 1.82) is 0 Å². The van der Waals surface area contributed by atoms with Crippen LogP contribution in [0.25, 0.3) is 0 Å². The molecule has 0 aliphatic heterocycles. The van der Waals surface area contributed by atoms with Crippen LogP contribution < -0.4 is 0 Å². The lowest BCUT2D eigenvalue weighted by Crippen LogP contribution is -2.18. The van der Waals surface area contributed by atoms with E-state index in [0.29, 0.717) is 0 Å². The van der Waals surface area contributed by atoms with Gasteiger partial charge >= 0.3 is 0 Å². The Morgan fingerprint density at radius 2 is 1.60 bits per heavy atom. The molecule has 0 unspecified atom stereocenters. The molecule has 1 rings (SSSR count). The zero-order chi connectivity index (χ0) is 11.6. The van der Waals surface area contributed by atoms with Crippen LogP contribution in [0.2, 0.25) is 0 Å². The summed E-state index contributed by atoms with van der Waals surface area (Å²) in [6.07, 6.45) is 2.85. The SMILES string of the molecule is C=CC(C)(C=C)c1ccc(F)c(F)c1F. The van der Waals surface area contributed by atoms with Crippen molar-refractivity contribution in [1.82, 2.24) is 0 Å². The molecule has 0 N–H and O–H groups in total. The fourth-order valence-corrected chi connectivity index (χ4v) is 1.25. The van der Waals surface area contributed by atoms with Crippen molar-refractivity contribution < 1.29 is 13.2 Å². The van der Waals surface area contributed by atoms with Gasteiger partial charge in [0.25, 0.3) is 0 Å². The molecule has 0 nitrogen and oxygen atoms in total. The van der Waals surface area contributed by atoms with Crippen LogP contribution in [0.3, 0.4) is 0 Å². The highest BCUT2D eigenvalue weighted by Crippen LogP contribution is 2.30. The van der Waals surface area contributed by atoms with Gasteiger partial charge in [-0.15, -0.1) is 13.2 Å². The monoisotopic (exact) mass is 212 g/mol. The number of hydrogen-bond acceptors (Lipinski definition) is 0. The number of benzene rings is 1. The molecular weight excluding hydrogens is 201 g/mol. The van der Waals surface area contributed by atoms with E-state index in [2.05, 4.69) is 13.2 Å². The lowest BCUT2D eigenvalue weighted by Gasteiger charge is -2.22. The van der Waals surface area contributed by atoms with Crippen LogP contribution in [0.1, 0.15) is 12.5 Å². The minimum Gasteiger partial charge on any atom is -0.204 e. The summed E-state index contributed by atoms with van der Waals surface area (Å²) in [5.74, 6) is -3.87. The maximum Gasteiger partial charge on any atom is 0.194 e. The Morgan fingerprint density at radius 3 is 2.07 bits per heavy atom. The molecule has 0 saturated heterocycles. The summed E-state index contributed by atoms with van der Waals surface area (Å²) in [7, 11) is 0. The average Bonchev–Trinajstić information content (AvgIpc) is 2.25. The van der Waals surface area contributed by atoms with Crippen LogP contribution >= 0.6 is 0 Å². The van der Waals surface area contributed by atoms with Crippen molar-refractivity contribution in [2.45, 2.75) is 12.3 Å². The van der Waals surface area contributed by atoms with Gasteiger partial charge in [-0.3, -0.25) is 0 Å². The zero-order valence-corrected chi connectivity index (χ0v) is 8.36. The number of rotatable bonds is 3. The normalized spacial score (nSPS) is 11.2. The highest BCUT2D eigenvalue weighted by Gasteiger charge is 2.25. The molecule has 0 heterocycles. The maximum atomic E-state index is 13.4. The van der Waals surface area contributed by atoms with E-state index in [9.17, 15) is 13.2 Å². The first-order valence-corrected chi connectivity index (χ1v) is 4.37. The lowest BCUT2D eigenvalue weighted by molar-refractivity contribution is 0.434. The van der Waals surface area contributed by atoms with Gasteiger partial charge < -0.3 is 0 Å². The summed E-state index contributed by atoms with van der Waals surface area (Å²) in [4.78, 5) is 0. The number of halogens is 3. The standard InChI is InChI=1S/C12H11F3/c1-4-12(3,5-2)8-6-7-9(13)11(15)10(8)14/h4-7H,1-2H2,3H3. The maximum absolute atomic E-state index is 13.4. The molecule has 15 heavy (non-hydrogen) atoms. The van der Waals surface area contributed by atoms with Crippen molar-refractivity contribution in [2.24, 2.45) is 0 Å². The summed E-state index contributed by atoms with van der Waals surface area (Å²) in [6, 6.07) is 2.08. The summed E-state index contributed by atoms with van der Waals surface area (Å²) in [5, 5.41) is 0. The third kappa shape index (κ3) is 1.82. The zero-order valence-electron chi connectivity index (χ0n) is 8.36. The van der Waals surface area contributed by atoms with E-state index in [0.717, 1.165) is 6.07 Å². The van der Waals surface area contributed by atoms with Crippen LogP contribution in [0.4, 0.5) is 13.2 Å². The quantitative estimate of drug-likeness (QED) is 0.529. The molecule has 0 saturated carbocycles. The van der Waals surface area contributed by atoms with Gasteiger partial charge in [0, 0.05) is 11.0 Å². The summed E-state index contributed by atoms with van der Waals surface area (Å²) in [5.41, 5.74) is -0.884. The number of hydrogen-bond donors (Lipinski definition) is 0. The highest BCUT2D eigenvalue weighted by atomic mass is 19.2. The van der Waals surface area contributed by atoms with Gasteiger partial charge in [-0.1, -0.05) is 18.2 Å². The van der Waals surface area contributed by atoms with Crippen LogP contribution in [0, 0.1) is 17.5 Å². The minimum absolute atomic E-state index is 0.0198. The first-order chi connectivity index (χ1) is 6.96. The molecule has 0 radical (unpaired) electrons. The molecule has 0 atom stereocenters. The Morgan fingerprint density at radius 1 is 1.07 bits per heavy atom. The Bertz CT molecular complexity index is 400. The molecule has 80 valence electrons. The second-order valence-electron chi connectivity index (χ2n) is 3.41. The highest BCUT2D eigenvalue weighted by molar-refractivity contribution is 5.36. The third-order valence-electron chi connectivity index (χ3n) is 2.46. The minimum atomic E-state index is -1.47. The predicted molar refractivity (Wildman–Crippen MR) is 54.1 cm³/mol. The Balaban J connectivity index is 3.45. The molecule has 3 heteroatoms. The Hall–Kier alpha value is -1.51. The van der Waals surface area contributed by atoms with Gasteiger partial charge in [0.05, 0.1) is 0 Å². The van der Waals surface area contributed by atoms with Gasteiger partial charge in [0.2, 0.25) is 0 Å². The molecule has 1 aromatic rings. The first kappa shape index (κ1) is 11.6. The molecule has 0 aromatic heterocycles. The van der Waals surface area contributed by atoms with Crippen molar-refractivity contribution in [3.05, 3.63) is 60.5 Å². The average molecular weight is 212 g/mol. The fraction of sp³-hybridized carbons (Fsp3) is 0.167. The topological polar surface area (TPSA) is 0 Å². The summed E-state index contributed by atoms with van der Waals surface area (Å²) >= 11 is 0. The van der Waals surface area contributed by atoms with Crippen LogP contribution in [-0.2, 0) is 5.41 Å². The molecule has 0 spiro atoms. The third-order valence-corrected chi connectivity index (χ3v) is 2.46. The molecule has 1 aromatic carbocycles. The van der Waals surface area contributed by atoms with Gasteiger partial charge in [-0.05, 0) is 13.0 Å². The van der Waals surface area contributed by atoms with Crippen LogP contribution in [-0.4, -0.2) is 0 Å². The summed E-state index contributed by atoms with van der Waals surface area (Å²) in [6.45, 7) is 8.65. The van der Waals surface area contributed by atoms with Crippen LogP contribution in [0.15, 0.2) is 37.4 Å². The van der Waals surface area contributed by atoms with E-state index in [1.54, 1.807) is 6.92 Å². The molecule has 0 bridgehead atoms. The second-order valence-corrected chi connectivity index (χ2v) is 3.41. The fourth-order valence-electron chi connectivity index (χ4n) is 1.25. The molecule has 0 aliphatic carbocycles. The number of allylic oxidation sites excluding steroid dienone is 2. The first-order valence-electron chi connectivity index (χ1n) is 4.37. The Labute approximate surface area is 86.7 Å². The second kappa shape index (κ2) is 3.93. The van der Waals surface area contributed by atoms with E-state index in [1.807, 2.05) is 0 Å². The smallest absolute Gasteiger partial charge is 0.194 e. The Kier molecular flexibility index (Phi) is 3.03. The van der Waals surface area contributed by atoms with Gasteiger partial charge in [-0.25, -0.2) is 13.2 Å². The predicted octanol–water partition coefficient (Wildman–Crippen LogP) is 3.73. The van der Waals surface area contributed by atoms with E-state index in [4.69, 9.17) is 0 Å². The van der Waals surface area contributed by atoms with E-state index < -0.39 is 22.9 Å². The molecule has 0 fully saturated rings. The van der Waals surface area contributed by atoms with E-state index in [-0.39, 0.29) is 5.56 Å². The molecule has 0 aliphatic rings. The van der Waals surface area contributed by atoms with Crippen molar-refractivity contribution >= 4 is 0 Å².